The quantitative estimate of drug-likeness (QED) is 0.497. The number of hydrogen-bond donors (Lipinski definition) is 3. The molecule has 7 nitrogen and oxygen atoms in total. The van der Waals surface area contributed by atoms with Crippen molar-refractivity contribution < 1.29 is 9.90 Å². The summed E-state index contributed by atoms with van der Waals surface area (Å²) in [6, 6.07) is 3.46. The van der Waals surface area contributed by atoms with Gasteiger partial charge < -0.3 is 20.6 Å². The minimum atomic E-state index is -0.0371. The maximum absolute atomic E-state index is 11.2. The first-order valence-corrected chi connectivity index (χ1v) is 8.85. The van der Waals surface area contributed by atoms with E-state index in [1.165, 1.54) is 0 Å². The fraction of sp³-hybridized carbons (Fsp3) is 0.421. The fourth-order valence-electron chi connectivity index (χ4n) is 3.19. The van der Waals surface area contributed by atoms with Crippen LogP contribution in [-0.2, 0) is 11.3 Å². The molecule has 0 aromatic carbocycles. The fourth-order valence-corrected chi connectivity index (χ4v) is 3.19. The lowest BCUT2D eigenvalue weighted by Gasteiger charge is -2.26. The standard InChI is InChI=1S/C19H25N5O2/c1-13-4-7-18(26)16(22-13)11-24-17-10-14(12-25)5-6-15(17)23-19(24)21-9-3-8-20-2/h4-7,10,12,15,17,20,26H,3,8-9,11H2,1-2H3,(H,21,23). The molecular formula is C19H25N5O2. The summed E-state index contributed by atoms with van der Waals surface area (Å²) in [5.74, 6) is 0.936. The van der Waals surface area contributed by atoms with Gasteiger partial charge in [-0.2, -0.15) is 0 Å². The molecule has 1 saturated heterocycles. The van der Waals surface area contributed by atoms with Crippen molar-refractivity contribution in [2.24, 2.45) is 4.99 Å². The van der Waals surface area contributed by atoms with Crippen molar-refractivity contribution in [2.45, 2.75) is 32.0 Å². The smallest absolute Gasteiger partial charge is 0.195 e. The zero-order chi connectivity index (χ0) is 18.5. The number of fused-ring (bicyclic) bond motifs is 1. The number of aryl methyl sites for hydroxylation is 1. The van der Waals surface area contributed by atoms with E-state index in [9.17, 15) is 9.90 Å². The molecule has 1 aromatic heterocycles. The van der Waals surface area contributed by atoms with Crippen molar-refractivity contribution in [3.8, 4) is 5.75 Å². The van der Waals surface area contributed by atoms with E-state index in [4.69, 9.17) is 4.99 Å². The van der Waals surface area contributed by atoms with Gasteiger partial charge in [-0.1, -0.05) is 12.2 Å². The minimum absolute atomic E-state index is 0.0371. The topological polar surface area (TPSA) is 89.9 Å². The Morgan fingerprint density at radius 1 is 1.46 bits per heavy atom. The molecule has 138 valence electrons. The van der Waals surface area contributed by atoms with Crippen molar-refractivity contribution in [3.05, 3.63) is 47.3 Å². The molecule has 0 radical (unpaired) electrons. The van der Waals surface area contributed by atoms with Crippen LogP contribution in [0.1, 0.15) is 17.8 Å². The molecule has 3 rings (SSSR count). The van der Waals surface area contributed by atoms with Crippen LogP contribution < -0.4 is 10.6 Å². The lowest BCUT2D eigenvalue weighted by atomic mass is 9.99. The van der Waals surface area contributed by atoms with Gasteiger partial charge in [-0.15, -0.1) is 0 Å². The molecule has 1 aromatic rings. The Bertz CT molecular complexity index is 756. The van der Waals surface area contributed by atoms with Crippen LogP contribution in [0.3, 0.4) is 0 Å². The average Bonchev–Trinajstić information content (AvgIpc) is 2.98. The number of carbonyl (C=O) groups is 1. The van der Waals surface area contributed by atoms with E-state index in [-0.39, 0.29) is 17.8 Å². The molecule has 2 heterocycles. The van der Waals surface area contributed by atoms with Crippen molar-refractivity contribution in [1.82, 2.24) is 20.5 Å². The van der Waals surface area contributed by atoms with E-state index in [1.807, 2.05) is 32.2 Å². The van der Waals surface area contributed by atoms with Crippen LogP contribution in [0.5, 0.6) is 5.75 Å². The zero-order valence-corrected chi connectivity index (χ0v) is 15.1. The van der Waals surface area contributed by atoms with Crippen LogP contribution in [0.25, 0.3) is 0 Å². The highest BCUT2D eigenvalue weighted by molar-refractivity contribution is 5.86. The van der Waals surface area contributed by atoms with E-state index in [1.54, 1.807) is 12.1 Å². The van der Waals surface area contributed by atoms with Crippen molar-refractivity contribution in [2.75, 3.05) is 20.1 Å². The molecule has 0 amide bonds. The van der Waals surface area contributed by atoms with Gasteiger partial charge in [0.25, 0.3) is 0 Å². The summed E-state index contributed by atoms with van der Waals surface area (Å²) in [4.78, 5) is 22.4. The summed E-state index contributed by atoms with van der Waals surface area (Å²) >= 11 is 0. The van der Waals surface area contributed by atoms with Crippen LogP contribution in [-0.4, -0.2) is 59.5 Å². The number of guanidine groups is 1. The molecule has 1 fully saturated rings. The van der Waals surface area contributed by atoms with Gasteiger partial charge in [-0.3, -0.25) is 14.8 Å². The SMILES string of the molecule is CNCCCN=C1NC2C=CC(C=O)=CC2N1Cc1nc(C)ccc1O. The minimum Gasteiger partial charge on any atom is -0.506 e. The molecule has 2 unspecified atom stereocenters. The third kappa shape index (κ3) is 3.94. The normalized spacial score (nSPS) is 22.9. The summed E-state index contributed by atoms with van der Waals surface area (Å²) < 4.78 is 0. The van der Waals surface area contributed by atoms with Gasteiger partial charge in [0.15, 0.2) is 5.96 Å². The molecular weight excluding hydrogens is 330 g/mol. The largest absolute Gasteiger partial charge is 0.506 e. The number of hydrogen-bond acceptors (Lipinski definition) is 5. The van der Waals surface area contributed by atoms with E-state index < -0.39 is 0 Å². The highest BCUT2D eigenvalue weighted by Crippen LogP contribution is 2.26. The van der Waals surface area contributed by atoms with Gasteiger partial charge in [-0.25, -0.2) is 0 Å². The Morgan fingerprint density at radius 2 is 2.31 bits per heavy atom. The first kappa shape index (κ1) is 18.1. The lowest BCUT2D eigenvalue weighted by Crippen LogP contribution is -2.36. The average molecular weight is 355 g/mol. The van der Waals surface area contributed by atoms with Gasteiger partial charge in [0, 0.05) is 17.8 Å². The number of allylic oxidation sites excluding steroid dienone is 2. The molecule has 1 aliphatic carbocycles. The first-order chi connectivity index (χ1) is 12.6. The second kappa shape index (κ2) is 8.14. The van der Waals surface area contributed by atoms with Crippen LogP contribution >= 0.6 is 0 Å². The summed E-state index contributed by atoms with van der Waals surface area (Å²) in [5, 5.41) is 16.7. The third-order valence-corrected chi connectivity index (χ3v) is 4.55. The van der Waals surface area contributed by atoms with Gasteiger partial charge >= 0.3 is 0 Å². The van der Waals surface area contributed by atoms with E-state index in [0.717, 1.165) is 30.9 Å². The lowest BCUT2D eigenvalue weighted by molar-refractivity contribution is -0.104. The number of aliphatic imine (C=N–C) groups is 1. The van der Waals surface area contributed by atoms with Gasteiger partial charge in [0.1, 0.15) is 17.7 Å². The monoisotopic (exact) mass is 355 g/mol. The number of nitrogens with one attached hydrogen (secondary N) is 2. The predicted molar refractivity (Wildman–Crippen MR) is 101 cm³/mol. The van der Waals surface area contributed by atoms with Crippen molar-refractivity contribution in [3.63, 3.8) is 0 Å². The maximum atomic E-state index is 11.2. The summed E-state index contributed by atoms with van der Waals surface area (Å²) in [7, 11) is 1.92. The predicted octanol–water partition coefficient (Wildman–Crippen LogP) is 0.899. The Hall–Kier alpha value is -2.67. The molecule has 7 heteroatoms. The Balaban J connectivity index is 1.87. The maximum Gasteiger partial charge on any atom is 0.195 e. The summed E-state index contributed by atoms with van der Waals surface area (Å²) in [6.07, 6.45) is 7.54. The molecule has 0 spiro atoms. The van der Waals surface area contributed by atoms with E-state index in [2.05, 4.69) is 20.5 Å². The van der Waals surface area contributed by atoms with Crippen LogP contribution in [0.2, 0.25) is 0 Å². The molecule has 1 aliphatic heterocycles. The number of aldehydes is 1. The summed E-state index contributed by atoms with van der Waals surface area (Å²) in [5.41, 5.74) is 2.10. The highest BCUT2D eigenvalue weighted by atomic mass is 16.3. The number of aromatic hydroxyl groups is 1. The molecule has 26 heavy (non-hydrogen) atoms. The molecule has 2 atom stereocenters. The third-order valence-electron chi connectivity index (χ3n) is 4.55. The first-order valence-electron chi connectivity index (χ1n) is 8.85. The highest BCUT2D eigenvalue weighted by Gasteiger charge is 2.37. The van der Waals surface area contributed by atoms with Crippen LogP contribution in [0.15, 0.2) is 40.9 Å². The Kier molecular flexibility index (Phi) is 5.68. The zero-order valence-electron chi connectivity index (χ0n) is 15.1. The molecule has 3 N–H and O–H groups in total. The second-order valence-electron chi connectivity index (χ2n) is 6.51. The number of rotatable bonds is 7. The Morgan fingerprint density at radius 3 is 3.08 bits per heavy atom. The van der Waals surface area contributed by atoms with Crippen LogP contribution in [0, 0.1) is 6.92 Å². The molecule has 2 aliphatic rings. The number of aromatic nitrogens is 1. The molecule has 0 saturated carbocycles. The Labute approximate surface area is 153 Å². The van der Waals surface area contributed by atoms with E-state index in [0.29, 0.717) is 24.4 Å². The summed E-state index contributed by atoms with van der Waals surface area (Å²) in [6.45, 7) is 3.91. The number of carbonyl (C=O) groups excluding carboxylic acids is 1. The second-order valence-corrected chi connectivity index (χ2v) is 6.51. The van der Waals surface area contributed by atoms with E-state index >= 15 is 0 Å². The van der Waals surface area contributed by atoms with Gasteiger partial charge in [0.2, 0.25) is 0 Å². The van der Waals surface area contributed by atoms with Crippen LogP contribution in [0.4, 0.5) is 0 Å². The number of pyridine rings is 1. The van der Waals surface area contributed by atoms with Gasteiger partial charge in [0.05, 0.1) is 18.6 Å². The number of nitrogens with zero attached hydrogens (tertiary/aromatic N) is 3. The molecule has 0 bridgehead atoms. The van der Waals surface area contributed by atoms with Gasteiger partial charge in [-0.05, 0) is 45.1 Å². The van der Waals surface area contributed by atoms with Crippen molar-refractivity contribution in [1.29, 1.82) is 0 Å². The van der Waals surface area contributed by atoms with Crippen molar-refractivity contribution >= 4 is 12.2 Å².